The van der Waals surface area contributed by atoms with Crippen molar-refractivity contribution in [3.8, 4) is 0 Å². The lowest BCUT2D eigenvalue weighted by Crippen LogP contribution is -2.38. The summed E-state index contributed by atoms with van der Waals surface area (Å²) in [4.78, 5) is 5.15. The fourth-order valence-electron chi connectivity index (χ4n) is 2.59. The molecule has 0 aromatic carbocycles. The third-order valence-electron chi connectivity index (χ3n) is 3.66. The summed E-state index contributed by atoms with van der Waals surface area (Å²) in [6.07, 6.45) is 1.33. The van der Waals surface area contributed by atoms with Gasteiger partial charge in [-0.15, -0.1) is 0 Å². The number of likely N-dealkylation sites (tertiary alicyclic amines) is 1. The number of nitrogens with one attached hydrogen (secondary N) is 1. The molecule has 4 nitrogen and oxygen atoms in total. The van der Waals surface area contributed by atoms with Crippen molar-refractivity contribution in [2.24, 2.45) is 0 Å². The Kier molecular flexibility index (Phi) is 7.77. The van der Waals surface area contributed by atoms with Crippen molar-refractivity contribution < 1.29 is 4.74 Å². The van der Waals surface area contributed by atoms with Crippen molar-refractivity contribution in [1.29, 1.82) is 0 Å². The zero-order valence-electron chi connectivity index (χ0n) is 11.7. The van der Waals surface area contributed by atoms with Gasteiger partial charge < -0.3 is 15.0 Å². The molecule has 0 aromatic rings. The van der Waals surface area contributed by atoms with Gasteiger partial charge in [0.05, 0.1) is 6.61 Å². The van der Waals surface area contributed by atoms with E-state index in [9.17, 15) is 0 Å². The Bertz CT molecular complexity index is 186. The minimum atomic E-state index is 0.781. The zero-order valence-corrected chi connectivity index (χ0v) is 11.7. The van der Waals surface area contributed by atoms with Crippen LogP contribution in [0.15, 0.2) is 0 Å². The lowest BCUT2D eigenvalue weighted by molar-refractivity contribution is 0.195. The molecule has 1 rings (SSSR count). The van der Waals surface area contributed by atoms with Gasteiger partial charge in [0.2, 0.25) is 0 Å². The number of methoxy groups -OCH3 is 1. The van der Waals surface area contributed by atoms with E-state index in [-0.39, 0.29) is 0 Å². The van der Waals surface area contributed by atoms with Crippen molar-refractivity contribution >= 4 is 0 Å². The van der Waals surface area contributed by atoms with Crippen LogP contribution in [0.3, 0.4) is 0 Å². The molecule has 1 atom stereocenters. The number of rotatable bonds is 9. The average Bonchev–Trinajstić information content (AvgIpc) is 2.79. The Morgan fingerprint density at radius 2 is 2.06 bits per heavy atom. The predicted octanol–water partition coefficient (Wildman–Crippen LogP) is 0.639. The highest BCUT2D eigenvalue weighted by Gasteiger charge is 2.25. The minimum absolute atomic E-state index is 0.781. The van der Waals surface area contributed by atoms with Crippen molar-refractivity contribution in [2.75, 3.05) is 59.5 Å². The second-order valence-corrected chi connectivity index (χ2v) is 4.71. The van der Waals surface area contributed by atoms with Crippen LogP contribution in [0.1, 0.15) is 20.3 Å². The molecule has 0 radical (unpaired) electrons. The van der Waals surface area contributed by atoms with Gasteiger partial charge in [0.15, 0.2) is 0 Å². The zero-order chi connectivity index (χ0) is 12.5. The summed E-state index contributed by atoms with van der Waals surface area (Å²) in [6.45, 7) is 13.4. The van der Waals surface area contributed by atoms with Gasteiger partial charge in [-0.05, 0) is 26.1 Å². The summed E-state index contributed by atoms with van der Waals surface area (Å²) in [5.74, 6) is 0. The third-order valence-corrected chi connectivity index (χ3v) is 3.66. The van der Waals surface area contributed by atoms with Gasteiger partial charge in [-0.2, -0.15) is 0 Å². The number of likely N-dealkylation sites (N-methyl/N-ethyl adjacent to an activating group) is 1. The SMILES string of the molecule is CCN(CC)C1CCN(CCNCCOC)C1. The second-order valence-electron chi connectivity index (χ2n) is 4.71. The lowest BCUT2D eigenvalue weighted by atomic mass is 10.2. The van der Waals surface area contributed by atoms with E-state index in [4.69, 9.17) is 4.74 Å². The molecular weight excluding hydrogens is 214 g/mol. The monoisotopic (exact) mass is 243 g/mol. The van der Waals surface area contributed by atoms with Crippen molar-refractivity contribution in [3.63, 3.8) is 0 Å². The molecule has 0 bridgehead atoms. The summed E-state index contributed by atoms with van der Waals surface area (Å²) in [5.41, 5.74) is 0. The second kappa shape index (κ2) is 8.86. The number of nitrogens with zero attached hydrogens (tertiary/aromatic N) is 2. The number of ether oxygens (including phenoxy) is 1. The van der Waals surface area contributed by atoms with Crippen LogP contribution in [0.2, 0.25) is 0 Å². The Morgan fingerprint density at radius 1 is 1.29 bits per heavy atom. The summed E-state index contributed by atoms with van der Waals surface area (Å²) in [7, 11) is 1.75. The molecule has 1 aliphatic rings. The Hall–Kier alpha value is -0.160. The van der Waals surface area contributed by atoms with Gasteiger partial charge in [-0.25, -0.2) is 0 Å². The fraction of sp³-hybridized carbons (Fsp3) is 1.00. The Labute approximate surface area is 106 Å². The van der Waals surface area contributed by atoms with Crippen LogP contribution in [-0.2, 0) is 4.74 Å². The standard InChI is InChI=1S/C13H29N3O/c1-4-16(5-2)13-6-9-15(12-13)10-7-14-8-11-17-3/h13-14H,4-12H2,1-3H3. The maximum atomic E-state index is 5.01. The summed E-state index contributed by atoms with van der Waals surface area (Å²) in [5, 5.41) is 3.40. The van der Waals surface area contributed by atoms with Gasteiger partial charge in [0, 0.05) is 39.3 Å². The molecule has 1 heterocycles. The molecule has 1 saturated heterocycles. The maximum Gasteiger partial charge on any atom is 0.0587 e. The fourth-order valence-corrected chi connectivity index (χ4v) is 2.59. The van der Waals surface area contributed by atoms with Gasteiger partial charge in [0.1, 0.15) is 0 Å². The van der Waals surface area contributed by atoms with E-state index < -0.39 is 0 Å². The van der Waals surface area contributed by atoms with Gasteiger partial charge in [-0.3, -0.25) is 4.90 Å². The molecule has 0 aliphatic carbocycles. The van der Waals surface area contributed by atoms with E-state index in [1.807, 2.05) is 0 Å². The Balaban J connectivity index is 2.09. The summed E-state index contributed by atoms with van der Waals surface area (Å²) >= 11 is 0. The van der Waals surface area contributed by atoms with Crippen molar-refractivity contribution in [2.45, 2.75) is 26.3 Å². The maximum absolute atomic E-state index is 5.01. The molecule has 0 saturated carbocycles. The molecule has 1 fully saturated rings. The average molecular weight is 243 g/mol. The first-order valence-corrected chi connectivity index (χ1v) is 6.97. The quantitative estimate of drug-likeness (QED) is 0.602. The third kappa shape index (κ3) is 5.34. The van der Waals surface area contributed by atoms with Crippen LogP contribution in [-0.4, -0.2) is 75.4 Å². The van der Waals surface area contributed by atoms with Crippen LogP contribution in [0, 0.1) is 0 Å². The van der Waals surface area contributed by atoms with Crippen molar-refractivity contribution in [3.05, 3.63) is 0 Å². The van der Waals surface area contributed by atoms with E-state index in [1.165, 1.54) is 39.1 Å². The van der Waals surface area contributed by atoms with E-state index in [2.05, 4.69) is 29.0 Å². The first-order chi connectivity index (χ1) is 8.31. The van der Waals surface area contributed by atoms with Gasteiger partial charge in [-0.1, -0.05) is 13.8 Å². The summed E-state index contributed by atoms with van der Waals surface area (Å²) in [6, 6.07) is 0.781. The van der Waals surface area contributed by atoms with Crippen LogP contribution in [0.5, 0.6) is 0 Å². The topological polar surface area (TPSA) is 27.7 Å². The first-order valence-electron chi connectivity index (χ1n) is 6.97. The molecular formula is C13H29N3O. The molecule has 1 unspecified atom stereocenters. The summed E-state index contributed by atoms with van der Waals surface area (Å²) < 4.78 is 5.01. The largest absolute Gasteiger partial charge is 0.383 e. The van der Waals surface area contributed by atoms with Gasteiger partial charge >= 0.3 is 0 Å². The first kappa shape index (κ1) is 14.9. The minimum Gasteiger partial charge on any atom is -0.383 e. The van der Waals surface area contributed by atoms with Crippen molar-refractivity contribution in [1.82, 2.24) is 15.1 Å². The molecule has 1 N–H and O–H groups in total. The molecule has 4 heteroatoms. The van der Waals surface area contributed by atoms with E-state index in [1.54, 1.807) is 7.11 Å². The number of hydrogen-bond acceptors (Lipinski definition) is 4. The molecule has 1 aliphatic heterocycles. The smallest absolute Gasteiger partial charge is 0.0587 e. The van der Waals surface area contributed by atoms with Crippen LogP contribution in [0.25, 0.3) is 0 Å². The van der Waals surface area contributed by atoms with Crippen LogP contribution >= 0.6 is 0 Å². The highest BCUT2D eigenvalue weighted by molar-refractivity contribution is 4.82. The van der Waals surface area contributed by atoms with Crippen LogP contribution < -0.4 is 5.32 Å². The molecule has 0 spiro atoms. The lowest BCUT2D eigenvalue weighted by Gasteiger charge is -2.26. The van der Waals surface area contributed by atoms with E-state index >= 15 is 0 Å². The highest BCUT2D eigenvalue weighted by Crippen LogP contribution is 2.14. The van der Waals surface area contributed by atoms with Crippen LogP contribution in [0.4, 0.5) is 0 Å². The highest BCUT2D eigenvalue weighted by atomic mass is 16.5. The van der Waals surface area contributed by atoms with E-state index in [0.717, 1.165) is 25.7 Å². The molecule has 0 amide bonds. The molecule has 17 heavy (non-hydrogen) atoms. The molecule has 102 valence electrons. The van der Waals surface area contributed by atoms with E-state index in [0.29, 0.717) is 0 Å². The predicted molar refractivity (Wildman–Crippen MR) is 72.5 cm³/mol. The molecule has 0 aromatic heterocycles. The number of hydrogen-bond donors (Lipinski definition) is 1. The van der Waals surface area contributed by atoms with Gasteiger partial charge in [0.25, 0.3) is 0 Å². The Morgan fingerprint density at radius 3 is 2.71 bits per heavy atom. The normalized spacial score (nSPS) is 21.5.